The predicted molar refractivity (Wildman–Crippen MR) is 112 cm³/mol. The third-order valence-electron chi connectivity index (χ3n) is 5.61. The Morgan fingerprint density at radius 2 is 2.21 bits per heavy atom. The number of hydrogen-bond acceptors (Lipinski definition) is 4. The molecule has 0 aliphatic carbocycles. The first-order chi connectivity index (χ1) is 13.9. The third-order valence-corrected chi connectivity index (χ3v) is 5.91. The molecule has 0 bridgehead atoms. The molecule has 7 nitrogen and oxygen atoms in total. The van der Waals surface area contributed by atoms with Crippen LogP contribution in [0.2, 0.25) is 5.02 Å². The molecule has 3 aromatic heterocycles. The summed E-state index contributed by atoms with van der Waals surface area (Å²) in [5, 5.41) is 9.32. The van der Waals surface area contributed by atoms with Crippen LogP contribution in [0.1, 0.15) is 32.0 Å². The number of rotatable bonds is 4. The molecule has 0 saturated carbocycles. The summed E-state index contributed by atoms with van der Waals surface area (Å²) < 4.78 is 16.6. The van der Waals surface area contributed by atoms with Crippen LogP contribution < -0.4 is 5.32 Å². The summed E-state index contributed by atoms with van der Waals surface area (Å²) in [4.78, 5) is 20.7. The van der Waals surface area contributed by atoms with Crippen LogP contribution in [-0.2, 0) is 4.79 Å². The van der Waals surface area contributed by atoms with Gasteiger partial charge >= 0.3 is 0 Å². The Kier molecular flexibility index (Phi) is 5.21. The molecule has 0 spiro atoms. The fourth-order valence-electron chi connectivity index (χ4n) is 4.10. The van der Waals surface area contributed by atoms with Crippen LogP contribution in [0.3, 0.4) is 0 Å². The van der Waals surface area contributed by atoms with E-state index in [9.17, 15) is 9.18 Å². The number of alkyl halides is 1. The molecule has 9 heteroatoms. The van der Waals surface area contributed by atoms with Gasteiger partial charge in [-0.05, 0) is 20.3 Å². The maximum absolute atomic E-state index is 14.9. The van der Waals surface area contributed by atoms with E-state index in [1.165, 1.54) is 6.92 Å². The molecule has 0 aromatic carbocycles. The summed E-state index contributed by atoms with van der Waals surface area (Å²) in [7, 11) is 0. The van der Waals surface area contributed by atoms with Crippen molar-refractivity contribution in [3.05, 3.63) is 29.3 Å². The van der Waals surface area contributed by atoms with Crippen LogP contribution in [0, 0.1) is 6.92 Å². The van der Waals surface area contributed by atoms with Crippen molar-refractivity contribution in [2.24, 2.45) is 0 Å². The fraction of sp³-hybridized carbons (Fsp3) is 0.450. The van der Waals surface area contributed by atoms with Gasteiger partial charge in [-0.2, -0.15) is 5.10 Å². The second-order valence-corrected chi connectivity index (χ2v) is 7.77. The van der Waals surface area contributed by atoms with Gasteiger partial charge in [0.2, 0.25) is 5.91 Å². The van der Waals surface area contributed by atoms with Crippen LogP contribution >= 0.6 is 11.6 Å². The van der Waals surface area contributed by atoms with Crippen molar-refractivity contribution in [2.45, 2.75) is 39.4 Å². The minimum atomic E-state index is -1.16. The molecule has 1 saturated heterocycles. The number of carbonyl (C=O) groups is 1. The van der Waals surface area contributed by atoms with E-state index in [-0.39, 0.29) is 12.5 Å². The van der Waals surface area contributed by atoms with Gasteiger partial charge in [0.1, 0.15) is 11.8 Å². The summed E-state index contributed by atoms with van der Waals surface area (Å²) >= 11 is 6.38. The number of halogens is 2. The summed E-state index contributed by atoms with van der Waals surface area (Å²) in [5.74, 6) is -0.0954. The number of fused-ring (bicyclic) bond motifs is 1. The second-order valence-electron chi connectivity index (χ2n) is 7.36. The highest BCUT2D eigenvalue weighted by atomic mass is 35.5. The number of amides is 1. The van der Waals surface area contributed by atoms with Crippen LogP contribution in [0.5, 0.6) is 0 Å². The molecule has 1 aliphatic rings. The number of H-pyrrole nitrogens is 1. The molecule has 154 valence electrons. The Morgan fingerprint density at radius 3 is 2.90 bits per heavy atom. The number of piperidine rings is 1. The maximum Gasteiger partial charge on any atom is 0.219 e. The smallest absolute Gasteiger partial charge is 0.219 e. The highest BCUT2D eigenvalue weighted by molar-refractivity contribution is 6.36. The van der Waals surface area contributed by atoms with Gasteiger partial charge in [-0.15, -0.1) is 0 Å². The van der Waals surface area contributed by atoms with Gasteiger partial charge in [-0.3, -0.25) is 9.48 Å². The lowest BCUT2D eigenvalue weighted by atomic mass is 10.0. The van der Waals surface area contributed by atoms with Crippen molar-refractivity contribution < 1.29 is 9.18 Å². The molecule has 4 heterocycles. The Labute approximate surface area is 173 Å². The topological polar surface area (TPSA) is 78.8 Å². The van der Waals surface area contributed by atoms with E-state index in [0.29, 0.717) is 23.6 Å². The van der Waals surface area contributed by atoms with Gasteiger partial charge in [-0.25, -0.2) is 9.37 Å². The first-order valence-electron chi connectivity index (χ1n) is 9.75. The number of aromatic amines is 1. The molecule has 0 unspecified atom stereocenters. The largest absolute Gasteiger partial charge is 0.384 e. The van der Waals surface area contributed by atoms with E-state index in [1.54, 1.807) is 28.2 Å². The summed E-state index contributed by atoms with van der Waals surface area (Å²) in [5.41, 5.74) is 4.21. The molecule has 4 rings (SSSR count). The summed E-state index contributed by atoms with van der Waals surface area (Å²) in [6.07, 6.45) is 4.63. The van der Waals surface area contributed by atoms with Crippen LogP contribution in [0.25, 0.3) is 22.2 Å². The number of likely N-dealkylation sites (tertiary alicyclic amines) is 1. The van der Waals surface area contributed by atoms with Crippen molar-refractivity contribution in [1.82, 2.24) is 24.6 Å². The van der Waals surface area contributed by atoms with E-state index < -0.39 is 12.2 Å². The molecule has 0 radical (unpaired) electrons. The average molecular weight is 419 g/mol. The number of nitrogens with zero attached hydrogens (tertiary/aromatic N) is 4. The second kappa shape index (κ2) is 7.67. The van der Waals surface area contributed by atoms with E-state index in [4.69, 9.17) is 11.6 Å². The normalized spacial score (nSPS) is 19.7. The Hall–Kier alpha value is -2.61. The van der Waals surface area contributed by atoms with E-state index in [0.717, 1.165) is 34.4 Å². The summed E-state index contributed by atoms with van der Waals surface area (Å²) in [6, 6.07) is -0.394. The molecule has 2 N–H and O–H groups in total. The van der Waals surface area contributed by atoms with Crippen LogP contribution in [-0.4, -0.2) is 56.4 Å². The number of nitrogens with one attached hydrogen (secondary N) is 2. The van der Waals surface area contributed by atoms with Crippen LogP contribution in [0.15, 0.2) is 18.6 Å². The van der Waals surface area contributed by atoms with Crippen molar-refractivity contribution in [3.8, 4) is 11.1 Å². The van der Waals surface area contributed by atoms with Gasteiger partial charge in [0, 0.05) is 49.2 Å². The predicted octanol–water partition coefficient (Wildman–Crippen LogP) is 3.95. The van der Waals surface area contributed by atoms with Gasteiger partial charge in [0.05, 0.1) is 34.9 Å². The van der Waals surface area contributed by atoms with E-state index in [2.05, 4.69) is 20.4 Å². The number of aromatic nitrogens is 4. The fourth-order valence-corrected chi connectivity index (χ4v) is 4.34. The molecule has 29 heavy (non-hydrogen) atoms. The Morgan fingerprint density at radius 1 is 1.41 bits per heavy atom. The molecule has 1 fully saturated rings. The zero-order chi connectivity index (χ0) is 20.7. The lowest BCUT2D eigenvalue weighted by Gasteiger charge is -2.34. The van der Waals surface area contributed by atoms with Gasteiger partial charge in [0.25, 0.3) is 0 Å². The first kappa shape index (κ1) is 19.7. The Balaban J connectivity index is 1.74. The molecule has 2 atom stereocenters. The van der Waals surface area contributed by atoms with Gasteiger partial charge < -0.3 is 15.2 Å². The van der Waals surface area contributed by atoms with Crippen molar-refractivity contribution in [1.29, 1.82) is 0 Å². The van der Waals surface area contributed by atoms with E-state index >= 15 is 0 Å². The molecule has 1 amide bonds. The average Bonchev–Trinajstić information content (AvgIpc) is 3.25. The summed E-state index contributed by atoms with van der Waals surface area (Å²) in [6.45, 7) is 6.78. The van der Waals surface area contributed by atoms with Crippen molar-refractivity contribution in [2.75, 3.05) is 25.0 Å². The lowest BCUT2D eigenvalue weighted by molar-refractivity contribution is -0.131. The maximum atomic E-state index is 14.9. The molecule has 1 aliphatic heterocycles. The van der Waals surface area contributed by atoms with Crippen molar-refractivity contribution in [3.63, 3.8) is 0 Å². The third kappa shape index (κ3) is 3.35. The Bertz CT molecular complexity index is 1060. The van der Waals surface area contributed by atoms with Crippen molar-refractivity contribution >= 4 is 34.2 Å². The van der Waals surface area contributed by atoms with Gasteiger partial charge in [0.15, 0.2) is 0 Å². The number of hydrogen-bond donors (Lipinski definition) is 2. The first-order valence-corrected chi connectivity index (χ1v) is 10.1. The number of anilines is 1. The number of pyridine rings is 1. The van der Waals surface area contributed by atoms with E-state index in [1.807, 2.05) is 13.8 Å². The lowest BCUT2D eigenvalue weighted by Crippen LogP contribution is -2.45. The minimum Gasteiger partial charge on any atom is -0.384 e. The molecule has 3 aromatic rings. The number of carbonyl (C=O) groups excluding carboxylic acids is 1. The monoisotopic (exact) mass is 418 g/mol. The molecular formula is C20H24ClFN6O. The molecular weight excluding hydrogens is 395 g/mol. The minimum absolute atomic E-state index is 0.0954. The standard InChI is InChI=1S/C20H24ClFN6O/c1-4-23-19-14(7-24-20-18(19)15(21)9-25-20)13-8-26-28(11(13)2)17-5-6-27(12(3)29)10-16(17)22/h7-9,16-17H,4-6,10H2,1-3H3,(H2,23,24,25)/t16-,17-/m0/s1. The van der Waals surface area contributed by atoms with Gasteiger partial charge in [-0.1, -0.05) is 11.6 Å². The SMILES string of the molecule is CCNc1c(-c2cnn([C@H]3CCN(C(C)=O)C[C@@H]3F)c2C)cnc2[nH]cc(Cl)c12. The zero-order valence-corrected chi connectivity index (χ0v) is 17.4. The van der Waals surface area contributed by atoms with Crippen LogP contribution in [0.4, 0.5) is 10.1 Å². The highest BCUT2D eigenvalue weighted by Gasteiger charge is 2.33. The highest BCUT2D eigenvalue weighted by Crippen LogP contribution is 2.39. The quantitative estimate of drug-likeness (QED) is 0.672. The zero-order valence-electron chi connectivity index (χ0n) is 16.7.